The minimum atomic E-state index is -3.83. The van der Waals surface area contributed by atoms with E-state index in [-0.39, 0.29) is 10.8 Å². The summed E-state index contributed by atoms with van der Waals surface area (Å²) in [5.41, 5.74) is 3.95. The topological polar surface area (TPSA) is 118 Å². The lowest BCUT2D eigenvalue weighted by Crippen LogP contribution is -2.16. The van der Waals surface area contributed by atoms with Crippen molar-refractivity contribution in [1.29, 1.82) is 0 Å². The fourth-order valence-corrected chi connectivity index (χ4v) is 4.18. The van der Waals surface area contributed by atoms with Crippen molar-refractivity contribution in [2.45, 2.75) is 36.7 Å². The number of fused-ring (bicyclic) bond motifs is 1. The molecule has 7 nitrogen and oxygen atoms in total. The Bertz CT molecular complexity index is 1090. The van der Waals surface area contributed by atoms with Crippen LogP contribution in [-0.2, 0) is 14.8 Å². The standard InChI is InChI=1S/C19H22N4O3S2/c1-12-10-14(28(20,25)26)11-17(13(12)2)21-18(24)8-5-9-27-19-22-15-6-3-4-7-16(15)23-19/h3-4,6-7,10-11H,5,8-9H2,1-2H3,(H,21,24)(H,22,23)(H2,20,25,26). The smallest absolute Gasteiger partial charge is 0.238 e. The number of carbonyl (C=O) groups excluding carboxylic acids is 1. The number of aryl methyl sites for hydroxylation is 1. The number of benzene rings is 2. The van der Waals surface area contributed by atoms with Crippen LogP contribution in [0.3, 0.4) is 0 Å². The first-order chi connectivity index (χ1) is 13.2. The summed E-state index contributed by atoms with van der Waals surface area (Å²) in [6.45, 7) is 3.61. The fourth-order valence-electron chi connectivity index (χ4n) is 2.73. The summed E-state index contributed by atoms with van der Waals surface area (Å²) >= 11 is 1.56. The molecule has 1 aromatic heterocycles. The Kier molecular flexibility index (Phi) is 6.07. The van der Waals surface area contributed by atoms with Gasteiger partial charge in [-0.1, -0.05) is 23.9 Å². The summed E-state index contributed by atoms with van der Waals surface area (Å²) in [7, 11) is -3.83. The largest absolute Gasteiger partial charge is 0.333 e. The predicted molar refractivity (Wildman–Crippen MR) is 112 cm³/mol. The zero-order valence-electron chi connectivity index (χ0n) is 15.7. The number of carbonyl (C=O) groups is 1. The molecule has 2 aromatic carbocycles. The highest BCUT2D eigenvalue weighted by Crippen LogP contribution is 2.24. The Morgan fingerprint density at radius 2 is 2.00 bits per heavy atom. The van der Waals surface area contributed by atoms with Crippen molar-refractivity contribution in [1.82, 2.24) is 9.97 Å². The van der Waals surface area contributed by atoms with E-state index < -0.39 is 10.0 Å². The molecule has 0 fully saturated rings. The number of nitrogens with zero attached hydrogens (tertiary/aromatic N) is 1. The summed E-state index contributed by atoms with van der Waals surface area (Å²) in [5, 5.41) is 8.82. The molecular formula is C19H22N4O3S2. The van der Waals surface area contributed by atoms with Crippen LogP contribution in [0.5, 0.6) is 0 Å². The molecule has 3 rings (SSSR count). The van der Waals surface area contributed by atoms with E-state index in [1.807, 2.05) is 31.2 Å². The molecule has 148 valence electrons. The lowest BCUT2D eigenvalue weighted by atomic mass is 10.1. The van der Waals surface area contributed by atoms with Crippen molar-refractivity contribution in [3.63, 3.8) is 0 Å². The van der Waals surface area contributed by atoms with Gasteiger partial charge in [0, 0.05) is 17.9 Å². The van der Waals surface area contributed by atoms with Gasteiger partial charge >= 0.3 is 0 Å². The normalized spacial score (nSPS) is 11.7. The number of nitrogens with two attached hydrogens (primary N) is 1. The first kappa shape index (κ1) is 20.4. The van der Waals surface area contributed by atoms with Crippen molar-refractivity contribution in [3.8, 4) is 0 Å². The number of imidazole rings is 1. The van der Waals surface area contributed by atoms with Crippen molar-refractivity contribution < 1.29 is 13.2 Å². The monoisotopic (exact) mass is 418 g/mol. The molecule has 0 spiro atoms. The van der Waals surface area contributed by atoms with Crippen LogP contribution < -0.4 is 10.5 Å². The van der Waals surface area contributed by atoms with E-state index in [9.17, 15) is 13.2 Å². The molecule has 0 aliphatic heterocycles. The molecule has 0 atom stereocenters. The van der Waals surface area contributed by atoms with Gasteiger partial charge in [-0.05, 0) is 55.7 Å². The van der Waals surface area contributed by atoms with Gasteiger partial charge in [0.1, 0.15) is 0 Å². The number of aromatic nitrogens is 2. The summed E-state index contributed by atoms with van der Waals surface area (Å²) in [4.78, 5) is 20.0. The maximum absolute atomic E-state index is 12.3. The van der Waals surface area contributed by atoms with Crippen molar-refractivity contribution >= 4 is 44.4 Å². The summed E-state index contributed by atoms with van der Waals surface area (Å²) in [6, 6.07) is 10.7. The lowest BCUT2D eigenvalue weighted by Gasteiger charge is -2.12. The van der Waals surface area contributed by atoms with Crippen LogP contribution in [-0.4, -0.2) is 30.0 Å². The van der Waals surface area contributed by atoms with Crippen LogP contribution >= 0.6 is 11.8 Å². The number of H-pyrrole nitrogens is 1. The van der Waals surface area contributed by atoms with Gasteiger partial charge in [-0.2, -0.15) is 0 Å². The number of nitrogens with one attached hydrogen (secondary N) is 2. The fraction of sp³-hybridized carbons (Fsp3) is 0.263. The Labute approximate surface area is 168 Å². The van der Waals surface area contributed by atoms with E-state index in [4.69, 9.17) is 5.14 Å². The number of rotatable bonds is 7. The molecule has 0 unspecified atom stereocenters. The van der Waals surface area contributed by atoms with Gasteiger partial charge in [-0.25, -0.2) is 18.5 Å². The van der Waals surface area contributed by atoms with Crippen LogP contribution in [0.25, 0.3) is 11.0 Å². The molecule has 1 amide bonds. The third-order valence-corrected chi connectivity index (χ3v) is 6.25. The highest BCUT2D eigenvalue weighted by Gasteiger charge is 2.14. The van der Waals surface area contributed by atoms with E-state index >= 15 is 0 Å². The number of aromatic amines is 1. The number of primary sulfonamides is 1. The Balaban J connectivity index is 1.55. The van der Waals surface area contributed by atoms with Gasteiger partial charge in [-0.15, -0.1) is 0 Å². The molecule has 9 heteroatoms. The number of hydrogen-bond donors (Lipinski definition) is 3. The Morgan fingerprint density at radius 1 is 1.25 bits per heavy atom. The van der Waals surface area contributed by atoms with Crippen molar-refractivity contribution in [2.75, 3.05) is 11.1 Å². The number of amides is 1. The molecule has 0 aliphatic carbocycles. The number of para-hydroxylation sites is 2. The van der Waals surface area contributed by atoms with E-state index in [0.717, 1.165) is 33.1 Å². The highest BCUT2D eigenvalue weighted by atomic mass is 32.2. The van der Waals surface area contributed by atoms with E-state index in [2.05, 4.69) is 15.3 Å². The van der Waals surface area contributed by atoms with Crippen LogP contribution in [0.2, 0.25) is 0 Å². The SMILES string of the molecule is Cc1cc(S(N)(=O)=O)cc(NC(=O)CCCSc2nc3ccccc3[nH]2)c1C. The quantitative estimate of drug-likeness (QED) is 0.402. The van der Waals surface area contributed by atoms with Crippen molar-refractivity contribution in [2.24, 2.45) is 5.14 Å². The minimum Gasteiger partial charge on any atom is -0.333 e. The van der Waals surface area contributed by atoms with Crippen LogP contribution in [0, 0.1) is 13.8 Å². The maximum atomic E-state index is 12.3. The maximum Gasteiger partial charge on any atom is 0.238 e. The molecule has 28 heavy (non-hydrogen) atoms. The number of anilines is 1. The Morgan fingerprint density at radius 3 is 2.71 bits per heavy atom. The summed E-state index contributed by atoms with van der Waals surface area (Å²) in [6.07, 6.45) is 0.992. The number of thioether (sulfide) groups is 1. The van der Waals surface area contributed by atoms with Gasteiger partial charge in [0.15, 0.2) is 5.16 Å². The number of hydrogen-bond acceptors (Lipinski definition) is 5. The van der Waals surface area contributed by atoms with Crippen LogP contribution in [0.15, 0.2) is 46.5 Å². The second kappa shape index (κ2) is 8.34. The first-order valence-electron chi connectivity index (χ1n) is 8.75. The van der Waals surface area contributed by atoms with E-state index in [1.165, 1.54) is 12.1 Å². The molecule has 0 aliphatic rings. The van der Waals surface area contributed by atoms with E-state index in [1.54, 1.807) is 18.7 Å². The summed E-state index contributed by atoms with van der Waals surface area (Å²) in [5.74, 6) is 0.571. The molecule has 3 aromatic rings. The Hall–Kier alpha value is -2.36. The molecule has 0 bridgehead atoms. The van der Waals surface area contributed by atoms with Crippen molar-refractivity contribution in [3.05, 3.63) is 47.5 Å². The third-order valence-electron chi connectivity index (χ3n) is 4.40. The third kappa shape index (κ3) is 4.92. The molecule has 0 radical (unpaired) electrons. The molecule has 1 heterocycles. The highest BCUT2D eigenvalue weighted by molar-refractivity contribution is 7.99. The average molecular weight is 419 g/mol. The summed E-state index contributed by atoms with van der Waals surface area (Å²) < 4.78 is 23.2. The minimum absolute atomic E-state index is 0.00802. The zero-order chi connectivity index (χ0) is 20.3. The van der Waals surface area contributed by atoms with Gasteiger partial charge in [0.2, 0.25) is 15.9 Å². The number of sulfonamides is 1. The second-order valence-corrected chi connectivity index (χ2v) is 9.16. The van der Waals surface area contributed by atoms with Gasteiger partial charge < -0.3 is 10.3 Å². The van der Waals surface area contributed by atoms with Crippen LogP contribution in [0.4, 0.5) is 5.69 Å². The van der Waals surface area contributed by atoms with Crippen LogP contribution in [0.1, 0.15) is 24.0 Å². The van der Waals surface area contributed by atoms with E-state index in [0.29, 0.717) is 18.5 Å². The molecule has 4 N–H and O–H groups in total. The first-order valence-corrected chi connectivity index (χ1v) is 11.3. The predicted octanol–water partition coefficient (Wildman–Crippen LogP) is 3.34. The second-order valence-electron chi connectivity index (χ2n) is 6.52. The average Bonchev–Trinajstić information content (AvgIpc) is 3.04. The molecule has 0 saturated heterocycles. The van der Waals surface area contributed by atoms with Gasteiger partial charge in [-0.3, -0.25) is 4.79 Å². The lowest BCUT2D eigenvalue weighted by molar-refractivity contribution is -0.116. The molecular weight excluding hydrogens is 396 g/mol. The van der Waals surface area contributed by atoms with Gasteiger partial charge in [0.05, 0.1) is 15.9 Å². The molecule has 0 saturated carbocycles. The zero-order valence-corrected chi connectivity index (χ0v) is 17.3. The van der Waals surface area contributed by atoms with Gasteiger partial charge in [0.25, 0.3) is 0 Å².